The molecule has 3 rings (SSSR count). The summed E-state index contributed by atoms with van der Waals surface area (Å²) in [6.07, 6.45) is 14.9. The van der Waals surface area contributed by atoms with Gasteiger partial charge in [-0.1, -0.05) is 24.3 Å². The van der Waals surface area contributed by atoms with Crippen molar-refractivity contribution in [2.24, 2.45) is 11.8 Å². The van der Waals surface area contributed by atoms with Gasteiger partial charge in [-0.2, -0.15) is 0 Å². The highest BCUT2D eigenvalue weighted by Crippen LogP contribution is 2.47. The normalized spacial score (nSPS) is 32.8. The van der Waals surface area contributed by atoms with E-state index in [2.05, 4.69) is 24.3 Å². The molecule has 0 radical (unpaired) electrons. The van der Waals surface area contributed by atoms with Crippen LogP contribution in [0.15, 0.2) is 35.5 Å². The van der Waals surface area contributed by atoms with Crippen molar-refractivity contribution in [2.45, 2.75) is 25.7 Å². The van der Waals surface area contributed by atoms with Crippen LogP contribution in [0.25, 0.3) is 0 Å². The summed E-state index contributed by atoms with van der Waals surface area (Å²) in [5.74, 6) is 1.96. The lowest BCUT2D eigenvalue weighted by molar-refractivity contribution is 0.495. The summed E-state index contributed by atoms with van der Waals surface area (Å²) in [4.78, 5) is 0. The van der Waals surface area contributed by atoms with E-state index in [1.807, 2.05) is 0 Å². The standard InChI is InChI=1S/C12H14/c1-3-9-4-2-6-12(10-7-8-10)11(9)5-1/h1,3-5,10,12H,2,6-8H2. The van der Waals surface area contributed by atoms with Crippen LogP contribution < -0.4 is 0 Å². The van der Waals surface area contributed by atoms with E-state index < -0.39 is 0 Å². The third-order valence-electron chi connectivity index (χ3n) is 3.32. The Morgan fingerprint density at radius 2 is 2.08 bits per heavy atom. The number of hydrogen-bond donors (Lipinski definition) is 0. The Labute approximate surface area is 73.7 Å². The van der Waals surface area contributed by atoms with E-state index in [0.717, 1.165) is 11.8 Å². The van der Waals surface area contributed by atoms with Gasteiger partial charge in [-0.05, 0) is 48.7 Å². The lowest BCUT2D eigenvalue weighted by atomic mass is 9.82. The van der Waals surface area contributed by atoms with Crippen LogP contribution in [-0.2, 0) is 0 Å². The molecule has 3 aliphatic rings. The number of rotatable bonds is 1. The first-order chi connectivity index (χ1) is 5.95. The van der Waals surface area contributed by atoms with Crippen molar-refractivity contribution >= 4 is 0 Å². The van der Waals surface area contributed by atoms with Gasteiger partial charge in [-0.15, -0.1) is 0 Å². The minimum absolute atomic E-state index is 0.917. The SMILES string of the molecule is C1=CC2=CCCC(C3CC3)C2=C1. The zero-order valence-corrected chi connectivity index (χ0v) is 7.29. The van der Waals surface area contributed by atoms with Gasteiger partial charge in [0.1, 0.15) is 0 Å². The van der Waals surface area contributed by atoms with Crippen molar-refractivity contribution < 1.29 is 0 Å². The number of hydrogen-bond acceptors (Lipinski definition) is 0. The molecule has 0 heteroatoms. The van der Waals surface area contributed by atoms with Crippen molar-refractivity contribution in [3.8, 4) is 0 Å². The maximum absolute atomic E-state index is 2.40. The molecular formula is C12H14. The largest absolute Gasteiger partial charge is 0.0770 e. The van der Waals surface area contributed by atoms with Crippen LogP contribution in [0.5, 0.6) is 0 Å². The monoisotopic (exact) mass is 158 g/mol. The van der Waals surface area contributed by atoms with Crippen molar-refractivity contribution in [1.29, 1.82) is 0 Å². The summed E-state index contributed by atoms with van der Waals surface area (Å²) >= 11 is 0. The molecule has 1 fully saturated rings. The van der Waals surface area contributed by atoms with E-state index in [1.165, 1.54) is 31.3 Å². The number of allylic oxidation sites excluding steroid dienone is 6. The summed E-state index contributed by atoms with van der Waals surface area (Å²) < 4.78 is 0. The summed E-state index contributed by atoms with van der Waals surface area (Å²) in [6.45, 7) is 0. The van der Waals surface area contributed by atoms with E-state index in [1.54, 1.807) is 5.57 Å². The predicted octanol–water partition coefficient (Wildman–Crippen LogP) is 3.23. The minimum Gasteiger partial charge on any atom is -0.0770 e. The van der Waals surface area contributed by atoms with Crippen molar-refractivity contribution in [2.75, 3.05) is 0 Å². The van der Waals surface area contributed by atoms with Crippen molar-refractivity contribution in [3.05, 3.63) is 35.5 Å². The Morgan fingerprint density at radius 3 is 2.92 bits per heavy atom. The fourth-order valence-electron chi connectivity index (χ4n) is 2.53. The van der Waals surface area contributed by atoms with Crippen LogP contribution in [0.2, 0.25) is 0 Å². The lowest BCUT2D eigenvalue weighted by Crippen LogP contribution is -2.10. The quantitative estimate of drug-likeness (QED) is 0.549. The van der Waals surface area contributed by atoms with E-state index in [-0.39, 0.29) is 0 Å². The fraction of sp³-hybridized carbons (Fsp3) is 0.500. The molecule has 0 aromatic carbocycles. The molecule has 0 bridgehead atoms. The molecule has 1 unspecified atom stereocenters. The first-order valence-corrected chi connectivity index (χ1v) is 5.04. The first kappa shape index (κ1) is 6.71. The van der Waals surface area contributed by atoms with Gasteiger partial charge in [-0.3, -0.25) is 0 Å². The molecule has 0 amide bonds. The molecule has 3 aliphatic carbocycles. The highest BCUT2D eigenvalue weighted by atomic mass is 14.4. The Hall–Kier alpha value is -0.780. The topological polar surface area (TPSA) is 0 Å². The summed E-state index contributed by atoms with van der Waals surface area (Å²) in [7, 11) is 0. The van der Waals surface area contributed by atoms with Gasteiger partial charge in [0.2, 0.25) is 0 Å². The molecule has 0 spiro atoms. The van der Waals surface area contributed by atoms with Gasteiger partial charge in [0.05, 0.1) is 0 Å². The molecule has 1 saturated carbocycles. The van der Waals surface area contributed by atoms with Gasteiger partial charge in [0, 0.05) is 0 Å². The van der Waals surface area contributed by atoms with Crippen LogP contribution in [0.3, 0.4) is 0 Å². The summed E-state index contributed by atoms with van der Waals surface area (Å²) in [6, 6.07) is 0. The van der Waals surface area contributed by atoms with Gasteiger partial charge >= 0.3 is 0 Å². The van der Waals surface area contributed by atoms with E-state index in [4.69, 9.17) is 0 Å². The molecule has 0 aliphatic heterocycles. The maximum atomic E-state index is 2.40. The molecule has 0 aromatic heterocycles. The Morgan fingerprint density at radius 1 is 1.17 bits per heavy atom. The van der Waals surface area contributed by atoms with Crippen molar-refractivity contribution in [3.63, 3.8) is 0 Å². The van der Waals surface area contributed by atoms with Crippen molar-refractivity contribution in [1.82, 2.24) is 0 Å². The second-order valence-electron chi connectivity index (χ2n) is 4.16. The molecule has 0 N–H and O–H groups in total. The second-order valence-corrected chi connectivity index (χ2v) is 4.16. The highest BCUT2D eigenvalue weighted by Gasteiger charge is 2.35. The molecule has 12 heavy (non-hydrogen) atoms. The molecule has 0 aromatic rings. The Bertz CT molecular complexity index is 287. The van der Waals surface area contributed by atoms with Crippen LogP contribution in [0, 0.1) is 11.8 Å². The van der Waals surface area contributed by atoms with Crippen LogP contribution in [0.1, 0.15) is 25.7 Å². The molecule has 62 valence electrons. The first-order valence-electron chi connectivity index (χ1n) is 5.04. The Kier molecular flexibility index (Phi) is 1.31. The smallest absolute Gasteiger partial charge is 0.0125 e. The highest BCUT2D eigenvalue weighted by molar-refractivity contribution is 5.51. The Balaban J connectivity index is 1.93. The average Bonchev–Trinajstić information content (AvgIpc) is 2.82. The number of fused-ring (bicyclic) bond motifs is 1. The van der Waals surface area contributed by atoms with Crippen LogP contribution in [0.4, 0.5) is 0 Å². The molecular weight excluding hydrogens is 144 g/mol. The molecule has 0 saturated heterocycles. The zero-order chi connectivity index (χ0) is 7.97. The molecule has 0 nitrogen and oxygen atoms in total. The third-order valence-corrected chi connectivity index (χ3v) is 3.32. The minimum atomic E-state index is 0.917. The van der Waals surface area contributed by atoms with Gasteiger partial charge in [-0.25, -0.2) is 0 Å². The van der Waals surface area contributed by atoms with Gasteiger partial charge < -0.3 is 0 Å². The fourth-order valence-corrected chi connectivity index (χ4v) is 2.53. The van der Waals surface area contributed by atoms with Crippen LogP contribution >= 0.6 is 0 Å². The molecule has 1 atom stereocenters. The maximum Gasteiger partial charge on any atom is -0.0125 e. The van der Waals surface area contributed by atoms with E-state index in [9.17, 15) is 0 Å². The second kappa shape index (κ2) is 2.35. The van der Waals surface area contributed by atoms with Crippen LogP contribution in [-0.4, -0.2) is 0 Å². The summed E-state index contributed by atoms with van der Waals surface area (Å²) in [5.41, 5.74) is 3.17. The van der Waals surface area contributed by atoms with E-state index >= 15 is 0 Å². The third kappa shape index (κ3) is 0.906. The van der Waals surface area contributed by atoms with Gasteiger partial charge in [0.15, 0.2) is 0 Å². The van der Waals surface area contributed by atoms with E-state index in [0.29, 0.717) is 0 Å². The molecule has 0 heterocycles. The summed E-state index contributed by atoms with van der Waals surface area (Å²) in [5, 5.41) is 0. The lowest BCUT2D eigenvalue weighted by Gasteiger charge is -2.22. The zero-order valence-electron chi connectivity index (χ0n) is 7.29. The van der Waals surface area contributed by atoms with Gasteiger partial charge in [0.25, 0.3) is 0 Å². The average molecular weight is 158 g/mol. The predicted molar refractivity (Wildman–Crippen MR) is 50.8 cm³/mol.